The zero-order chi connectivity index (χ0) is 30.2. The van der Waals surface area contributed by atoms with Crippen molar-refractivity contribution in [2.75, 3.05) is 7.11 Å². The predicted octanol–water partition coefficient (Wildman–Crippen LogP) is 2.51. The van der Waals surface area contributed by atoms with Crippen LogP contribution in [0.4, 0.5) is 0 Å². The van der Waals surface area contributed by atoms with Gasteiger partial charge in [0.15, 0.2) is 11.4 Å². The normalized spacial score (nSPS) is 51.6. The van der Waals surface area contributed by atoms with E-state index >= 15 is 0 Å². The quantitative estimate of drug-likeness (QED) is 0.220. The molecule has 1 aliphatic heterocycles. The fourth-order valence-electron chi connectivity index (χ4n) is 11.4. The molecule has 222 valence electrons. The summed E-state index contributed by atoms with van der Waals surface area (Å²) in [5.74, 6) is -3.25. The number of methoxy groups -OCH3 is 1. The summed E-state index contributed by atoms with van der Waals surface area (Å²) in [4.78, 5) is 53.8. The van der Waals surface area contributed by atoms with Crippen LogP contribution in [0.15, 0.2) is 45.6 Å². The van der Waals surface area contributed by atoms with E-state index in [0.29, 0.717) is 28.7 Å². The van der Waals surface area contributed by atoms with E-state index in [1.165, 1.54) is 21.0 Å². The summed E-state index contributed by atoms with van der Waals surface area (Å²) >= 11 is 0. The lowest BCUT2D eigenvalue weighted by atomic mass is 9.43. The lowest BCUT2D eigenvalue weighted by molar-refractivity contribution is -0.183. The molecule has 12 atom stereocenters. The minimum Gasteiger partial charge on any atom is -0.466 e. The third-order valence-electron chi connectivity index (χ3n) is 13.1. The topological polar surface area (TPSA) is 136 Å². The van der Waals surface area contributed by atoms with Crippen molar-refractivity contribution in [2.45, 2.75) is 77.3 Å². The Morgan fingerprint density at radius 1 is 1.10 bits per heavy atom. The van der Waals surface area contributed by atoms with Crippen molar-refractivity contribution in [3.63, 3.8) is 0 Å². The molecule has 5 fully saturated rings. The minimum absolute atomic E-state index is 0.0274. The van der Waals surface area contributed by atoms with Gasteiger partial charge >= 0.3 is 17.9 Å². The molecule has 0 bridgehead atoms. The van der Waals surface area contributed by atoms with E-state index in [-0.39, 0.29) is 47.2 Å². The molecule has 1 heterocycles. The van der Waals surface area contributed by atoms with Crippen LogP contribution < -0.4 is 0 Å². The number of Topliss-reactive ketones (excluding diaryl/α,β-unsaturated/α-hetero) is 1. The molecule has 8 rings (SSSR count). The van der Waals surface area contributed by atoms with E-state index < -0.39 is 63.8 Å². The van der Waals surface area contributed by atoms with Gasteiger partial charge < -0.3 is 24.4 Å². The summed E-state index contributed by atoms with van der Waals surface area (Å²) in [5.41, 5.74) is -2.27. The number of aliphatic hydroxyl groups excluding tert-OH is 1. The largest absolute Gasteiger partial charge is 0.466 e. The first-order valence-corrected chi connectivity index (χ1v) is 14.9. The van der Waals surface area contributed by atoms with E-state index in [2.05, 4.69) is 13.5 Å². The number of carbonyl (C=O) groups excluding carboxylic acids is 4. The number of fused-ring (bicyclic) bond motifs is 7. The smallest absolute Gasteiger partial charge is 0.335 e. The summed E-state index contributed by atoms with van der Waals surface area (Å²) in [5, 5.41) is 24.5. The average molecular weight is 577 g/mol. The molecule has 9 nitrogen and oxygen atoms in total. The maximum atomic E-state index is 14.3. The van der Waals surface area contributed by atoms with Crippen LogP contribution in [0, 0.1) is 46.3 Å². The highest BCUT2D eigenvalue weighted by molar-refractivity contribution is 6.12. The van der Waals surface area contributed by atoms with E-state index in [0.717, 1.165) is 12.0 Å². The van der Waals surface area contributed by atoms with Crippen molar-refractivity contribution in [2.24, 2.45) is 46.3 Å². The van der Waals surface area contributed by atoms with Gasteiger partial charge in [0.05, 0.1) is 12.7 Å². The Bertz CT molecular complexity index is 1600. The SMILES string of the molecule is C=C1[C@H]2C[C@H]2[C@@]2(C)[C@H]1[C@@H](OC(C)=O)C1=C(C)C(=O)O[C@@]13C1=C4[C@](C)([C@@H]5C[C@@H]5[C@@]4(O)C[C@H]32)[C@@H](O)C(=O)/C1=C(/C)C(=O)OC. The van der Waals surface area contributed by atoms with Gasteiger partial charge in [-0.3, -0.25) is 9.59 Å². The van der Waals surface area contributed by atoms with Gasteiger partial charge in [-0.25, -0.2) is 9.59 Å². The number of carbonyl (C=O) groups is 4. The number of ketones is 1. The van der Waals surface area contributed by atoms with Crippen LogP contribution in [0.3, 0.4) is 0 Å². The Balaban J connectivity index is 1.54. The summed E-state index contributed by atoms with van der Waals surface area (Å²) in [7, 11) is 1.21. The van der Waals surface area contributed by atoms with Crippen LogP contribution in [0.1, 0.15) is 53.9 Å². The molecule has 0 aromatic carbocycles. The van der Waals surface area contributed by atoms with Crippen molar-refractivity contribution in [3.05, 3.63) is 45.6 Å². The molecule has 42 heavy (non-hydrogen) atoms. The van der Waals surface area contributed by atoms with Gasteiger partial charge in [0.1, 0.15) is 12.2 Å². The number of hydrogen-bond donors (Lipinski definition) is 2. The third kappa shape index (κ3) is 2.48. The van der Waals surface area contributed by atoms with Crippen LogP contribution in [-0.2, 0) is 33.4 Å². The average Bonchev–Trinajstić information content (AvgIpc) is 3.83. The lowest BCUT2D eigenvalue weighted by Gasteiger charge is -2.63. The first kappa shape index (κ1) is 26.6. The van der Waals surface area contributed by atoms with Crippen LogP contribution >= 0.6 is 0 Å². The second-order valence-electron chi connectivity index (χ2n) is 14.5. The van der Waals surface area contributed by atoms with Gasteiger partial charge in [-0.1, -0.05) is 26.0 Å². The molecule has 0 unspecified atom stereocenters. The van der Waals surface area contributed by atoms with Crippen molar-refractivity contribution < 1.29 is 43.6 Å². The second kappa shape index (κ2) is 7.36. The Kier molecular flexibility index (Phi) is 4.65. The monoisotopic (exact) mass is 576 g/mol. The molecule has 0 amide bonds. The first-order valence-electron chi connectivity index (χ1n) is 14.9. The highest BCUT2D eigenvalue weighted by Crippen LogP contribution is 2.83. The van der Waals surface area contributed by atoms with E-state index in [1.807, 2.05) is 6.92 Å². The standard InChI is InChI=1S/C33H36O9/c1-11-15-8-16(15)30(5)19-10-32(39)18-9-17(18)31(6)26(32)23(20(24(35)27(31)36)12(2)28(37)40-7)33(19)22(13(3)29(38)42-33)25(21(11)30)41-14(4)34/h15-19,21,25,27,36,39H,1,8-10H2,2-7H3/b20-12-/t15-,16-,17-,18+,19+,21-,25-,27+,30-,31+,32+,33-/m1/s1. The van der Waals surface area contributed by atoms with Gasteiger partial charge in [0.25, 0.3) is 0 Å². The highest BCUT2D eigenvalue weighted by atomic mass is 16.6. The van der Waals surface area contributed by atoms with Gasteiger partial charge in [0, 0.05) is 52.0 Å². The van der Waals surface area contributed by atoms with Crippen LogP contribution in [0.25, 0.3) is 0 Å². The van der Waals surface area contributed by atoms with Gasteiger partial charge in [-0.05, 0) is 67.8 Å². The first-order chi connectivity index (χ1) is 19.6. The van der Waals surface area contributed by atoms with Crippen molar-refractivity contribution in [1.82, 2.24) is 0 Å². The molecule has 5 saturated carbocycles. The molecule has 0 aromatic rings. The summed E-state index contributed by atoms with van der Waals surface area (Å²) in [6.45, 7) is 12.9. The van der Waals surface area contributed by atoms with Crippen LogP contribution in [0.2, 0.25) is 0 Å². The van der Waals surface area contributed by atoms with E-state index in [9.17, 15) is 29.4 Å². The number of rotatable bonds is 2. The molecular weight excluding hydrogens is 540 g/mol. The van der Waals surface area contributed by atoms with Gasteiger partial charge in [-0.15, -0.1) is 0 Å². The second-order valence-corrected chi connectivity index (χ2v) is 14.5. The Morgan fingerprint density at radius 3 is 2.43 bits per heavy atom. The maximum Gasteiger partial charge on any atom is 0.335 e. The molecule has 0 radical (unpaired) electrons. The van der Waals surface area contributed by atoms with Crippen LogP contribution in [0.5, 0.6) is 0 Å². The Hall–Kier alpha value is -3.04. The van der Waals surface area contributed by atoms with Crippen molar-refractivity contribution >= 4 is 23.7 Å². The molecule has 9 heteroatoms. The zero-order valence-corrected chi connectivity index (χ0v) is 24.7. The summed E-state index contributed by atoms with van der Waals surface area (Å²) in [6, 6.07) is 0. The number of aliphatic hydroxyl groups is 2. The minimum atomic E-state index is -1.58. The molecular formula is C33H36O9. The fourth-order valence-corrected chi connectivity index (χ4v) is 11.4. The fraction of sp³-hybridized carbons (Fsp3) is 0.636. The van der Waals surface area contributed by atoms with Crippen LogP contribution in [-0.4, -0.2) is 64.4 Å². The molecule has 8 aliphatic rings. The number of hydrogen-bond acceptors (Lipinski definition) is 9. The predicted molar refractivity (Wildman–Crippen MR) is 145 cm³/mol. The summed E-state index contributed by atoms with van der Waals surface area (Å²) < 4.78 is 17.7. The van der Waals surface area contributed by atoms with Gasteiger partial charge in [0.2, 0.25) is 0 Å². The number of esters is 3. The molecule has 0 saturated heterocycles. The number of ether oxygens (including phenoxy) is 3. The Labute approximate surface area is 243 Å². The van der Waals surface area contributed by atoms with E-state index in [4.69, 9.17) is 14.2 Å². The zero-order valence-electron chi connectivity index (χ0n) is 24.7. The third-order valence-corrected chi connectivity index (χ3v) is 13.1. The van der Waals surface area contributed by atoms with E-state index in [1.54, 1.807) is 6.92 Å². The van der Waals surface area contributed by atoms with Crippen molar-refractivity contribution in [3.8, 4) is 0 Å². The summed E-state index contributed by atoms with van der Waals surface area (Å²) in [6.07, 6.45) is -0.553. The van der Waals surface area contributed by atoms with Gasteiger partial charge in [-0.2, -0.15) is 0 Å². The highest BCUT2D eigenvalue weighted by Gasteiger charge is 2.85. The van der Waals surface area contributed by atoms with Crippen molar-refractivity contribution in [1.29, 1.82) is 0 Å². The Morgan fingerprint density at radius 2 is 1.79 bits per heavy atom. The maximum absolute atomic E-state index is 14.3. The molecule has 0 aromatic heterocycles. The molecule has 7 aliphatic carbocycles. The molecule has 2 N–H and O–H groups in total. The lowest BCUT2D eigenvalue weighted by Crippen LogP contribution is -2.68. The molecule has 1 spiro atoms.